The number of hydrogen-bond donors (Lipinski definition) is 0. The van der Waals surface area contributed by atoms with Crippen LogP contribution in [0.15, 0.2) is 30.7 Å². The number of methoxy groups -OCH3 is 2. The maximum absolute atomic E-state index is 5.48. The van der Waals surface area contributed by atoms with Gasteiger partial charge >= 0.3 is 0 Å². The van der Waals surface area contributed by atoms with Gasteiger partial charge in [-0.05, 0) is 36.5 Å². The Bertz CT molecular complexity index is 923. The maximum Gasteiger partial charge on any atom is 0.254 e. The minimum atomic E-state index is 0.613. The van der Waals surface area contributed by atoms with Crippen molar-refractivity contribution in [2.24, 2.45) is 5.92 Å². The van der Waals surface area contributed by atoms with E-state index in [9.17, 15) is 0 Å². The number of aromatic nitrogens is 4. The van der Waals surface area contributed by atoms with E-state index < -0.39 is 0 Å². The molecule has 1 aliphatic rings. The summed E-state index contributed by atoms with van der Waals surface area (Å²) in [5.41, 5.74) is 2.03. The molecule has 1 aliphatic heterocycles. The summed E-state index contributed by atoms with van der Waals surface area (Å²) >= 11 is 0. The van der Waals surface area contributed by atoms with Crippen molar-refractivity contribution in [1.29, 1.82) is 0 Å². The lowest BCUT2D eigenvalue weighted by Crippen LogP contribution is -2.36. The number of piperidine rings is 1. The molecule has 1 atom stereocenters. The first-order valence-corrected chi connectivity index (χ1v) is 8.87. The Morgan fingerprint density at radius 2 is 1.96 bits per heavy atom. The van der Waals surface area contributed by atoms with Gasteiger partial charge in [-0.3, -0.25) is 0 Å². The quantitative estimate of drug-likeness (QED) is 0.718. The van der Waals surface area contributed by atoms with E-state index in [-0.39, 0.29) is 0 Å². The highest BCUT2D eigenvalue weighted by Gasteiger charge is 2.23. The number of benzene rings is 1. The summed E-state index contributed by atoms with van der Waals surface area (Å²) in [4.78, 5) is 11.1. The predicted octanol–water partition coefficient (Wildman–Crippen LogP) is 3.04. The molecule has 4 rings (SSSR count). The normalized spacial score (nSPS) is 17.5. The van der Waals surface area contributed by atoms with Crippen LogP contribution in [0.2, 0.25) is 0 Å². The summed E-state index contributed by atoms with van der Waals surface area (Å²) in [7, 11) is 3.29. The third-order valence-corrected chi connectivity index (χ3v) is 4.93. The third-order valence-electron chi connectivity index (χ3n) is 4.93. The molecule has 0 spiro atoms. The van der Waals surface area contributed by atoms with Gasteiger partial charge in [0, 0.05) is 24.8 Å². The summed E-state index contributed by atoms with van der Waals surface area (Å²) < 4.78 is 12.7. The highest BCUT2D eigenvalue weighted by Crippen LogP contribution is 2.37. The van der Waals surface area contributed by atoms with E-state index in [1.54, 1.807) is 20.5 Å². The highest BCUT2D eigenvalue weighted by molar-refractivity contribution is 5.78. The van der Waals surface area contributed by atoms with Crippen LogP contribution in [0.1, 0.15) is 19.8 Å². The Morgan fingerprint density at radius 1 is 1.12 bits per heavy atom. The first-order valence-electron chi connectivity index (χ1n) is 8.87. The molecule has 26 heavy (non-hydrogen) atoms. The van der Waals surface area contributed by atoms with Crippen LogP contribution in [0.25, 0.3) is 16.9 Å². The predicted molar refractivity (Wildman–Crippen MR) is 99.9 cm³/mol. The van der Waals surface area contributed by atoms with Crippen LogP contribution in [-0.4, -0.2) is 46.9 Å². The highest BCUT2D eigenvalue weighted by atomic mass is 16.5. The molecule has 1 fully saturated rings. The van der Waals surface area contributed by atoms with Crippen molar-refractivity contribution in [1.82, 2.24) is 19.6 Å². The zero-order valence-corrected chi connectivity index (χ0v) is 15.3. The van der Waals surface area contributed by atoms with Gasteiger partial charge in [-0.2, -0.15) is 14.6 Å². The largest absolute Gasteiger partial charge is 0.493 e. The lowest BCUT2D eigenvalue weighted by atomic mass is 9.99. The SMILES string of the molecule is COc1ccc(-c2cnc3ncnn3c2N2CCC[C@@H](C)C2)cc1OC. The Morgan fingerprint density at radius 3 is 2.73 bits per heavy atom. The zero-order chi connectivity index (χ0) is 18.1. The number of nitrogens with zero attached hydrogens (tertiary/aromatic N) is 5. The fourth-order valence-electron chi connectivity index (χ4n) is 3.66. The first-order chi connectivity index (χ1) is 12.7. The van der Waals surface area contributed by atoms with Gasteiger partial charge in [-0.15, -0.1) is 0 Å². The van der Waals surface area contributed by atoms with E-state index in [1.165, 1.54) is 12.8 Å². The molecule has 136 valence electrons. The number of ether oxygens (including phenoxy) is 2. The second kappa shape index (κ2) is 6.82. The maximum atomic E-state index is 5.48. The average molecular weight is 353 g/mol. The minimum absolute atomic E-state index is 0.613. The minimum Gasteiger partial charge on any atom is -0.493 e. The monoisotopic (exact) mass is 353 g/mol. The van der Waals surface area contributed by atoms with Crippen LogP contribution in [0, 0.1) is 5.92 Å². The number of anilines is 1. The fraction of sp³-hybridized carbons (Fsp3) is 0.421. The Balaban J connectivity index is 1.88. The van der Waals surface area contributed by atoms with Crippen LogP contribution in [0.5, 0.6) is 11.5 Å². The number of hydrogen-bond acceptors (Lipinski definition) is 6. The van der Waals surface area contributed by atoms with Gasteiger partial charge in [-0.1, -0.05) is 13.0 Å². The molecule has 3 aromatic rings. The van der Waals surface area contributed by atoms with Crippen LogP contribution < -0.4 is 14.4 Å². The fourth-order valence-corrected chi connectivity index (χ4v) is 3.66. The van der Waals surface area contributed by atoms with E-state index in [1.807, 2.05) is 28.9 Å². The van der Waals surface area contributed by atoms with Crippen molar-refractivity contribution in [2.75, 3.05) is 32.2 Å². The van der Waals surface area contributed by atoms with Crippen molar-refractivity contribution in [3.63, 3.8) is 0 Å². The van der Waals surface area contributed by atoms with Gasteiger partial charge in [0.15, 0.2) is 11.5 Å². The Hall–Kier alpha value is -2.83. The molecule has 0 N–H and O–H groups in total. The van der Waals surface area contributed by atoms with Crippen molar-refractivity contribution in [3.05, 3.63) is 30.7 Å². The summed E-state index contributed by atoms with van der Waals surface area (Å²) in [5.74, 6) is 3.70. The number of fused-ring (bicyclic) bond motifs is 1. The second-order valence-electron chi connectivity index (χ2n) is 6.73. The summed E-state index contributed by atoms with van der Waals surface area (Å²) in [6, 6.07) is 5.93. The van der Waals surface area contributed by atoms with Crippen molar-refractivity contribution >= 4 is 11.6 Å². The molecular weight excluding hydrogens is 330 g/mol. The topological polar surface area (TPSA) is 64.8 Å². The first kappa shape index (κ1) is 16.6. The molecule has 0 aliphatic carbocycles. The number of rotatable bonds is 4. The zero-order valence-electron chi connectivity index (χ0n) is 15.3. The standard InChI is InChI=1S/C19H23N5O2/c1-13-5-4-8-23(11-13)18-15(10-20-19-21-12-22-24(18)19)14-6-7-16(25-2)17(9-14)26-3/h6-7,9-10,12-13H,4-5,8,11H2,1-3H3/t13-/m1/s1. The van der Waals surface area contributed by atoms with Crippen LogP contribution in [0.4, 0.5) is 5.82 Å². The van der Waals surface area contributed by atoms with Gasteiger partial charge in [-0.25, -0.2) is 4.98 Å². The van der Waals surface area contributed by atoms with Gasteiger partial charge in [0.2, 0.25) is 0 Å². The molecule has 1 aromatic carbocycles. The molecular formula is C19H23N5O2. The van der Waals surface area contributed by atoms with Crippen LogP contribution in [-0.2, 0) is 0 Å². The van der Waals surface area contributed by atoms with Gasteiger partial charge in [0.1, 0.15) is 12.1 Å². The molecule has 2 aromatic heterocycles. The van der Waals surface area contributed by atoms with E-state index in [4.69, 9.17) is 9.47 Å². The second-order valence-corrected chi connectivity index (χ2v) is 6.73. The van der Waals surface area contributed by atoms with Gasteiger partial charge < -0.3 is 14.4 Å². The Kier molecular flexibility index (Phi) is 4.36. The van der Waals surface area contributed by atoms with Crippen LogP contribution in [0.3, 0.4) is 0 Å². The van der Waals surface area contributed by atoms with E-state index in [2.05, 4.69) is 26.9 Å². The van der Waals surface area contributed by atoms with Gasteiger partial charge in [0.05, 0.1) is 14.2 Å². The lowest BCUT2D eigenvalue weighted by molar-refractivity contribution is 0.355. The molecule has 7 heteroatoms. The smallest absolute Gasteiger partial charge is 0.254 e. The molecule has 0 bridgehead atoms. The molecule has 0 saturated carbocycles. The molecule has 0 radical (unpaired) electrons. The summed E-state index contributed by atoms with van der Waals surface area (Å²) in [6.07, 6.45) is 5.86. The molecule has 7 nitrogen and oxygen atoms in total. The van der Waals surface area contributed by atoms with E-state index >= 15 is 0 Å². The summed E-state index contributed by atoms with van der Waals surface area (Å²) in [6.45, 7) is 4.30. The Labute approximate surface area is 152 Å². The molecule has 1 saturated heterocycles. The molecule has 0 unspecified atom stereocenters. The van der Waals surface area contributed by atoms with Crippen LogP contribution >= 0.6 is 0 Å². The molecule has 0 amide bonds. The average Bonchev–Trinajstić information content (AvgIpc) is 3.15. The molecule has 3 heterocycles. The van der Waals surface area contributed by atoms with E-state index in [0.29, 0.717) is 23.2 Å². The van der Waals surface area contributed by atoms with Crippen molar-refractivity contribution < 1.29 is 9.47 Å². The lowest BCUT2D eigenvalue weighted by Gasteiger charge is -2.33. The summed E-state index contributed by atoms with van der Waals surface area (Å²) in [5, 5.41) is 4.43. The van der Waals surface area contributed by atoms with Gasteiger partial charge in [0.25, 0.3) is 5.78 Å². The van der Waals surface area contributed by atoms with E-state index in [0.717, 1.165) is 30.0 Å². The van der Waals surface area contributed by atoms with Crippen molar-refractivity contribution in [3.8, 4) is 22.6 Å². The third kappa shape index (κ3) is 2.83. The van der Waals surface area contributed by atoms with Crippen molar-refractivity contribution in [2.45, 2.75) is 19.8 Å².